The molecule has 0 bridgehead atoms. The highest BCUT2D eigenvalue weighted by Gasteiger charge is 2.28. The minimum Gasteiger partial charge on any atom is -0.479 e. The standard InChI is InChI=1S/C17H20ClNO4/c1-3-13(23-14-8-5-4-7-12(14)18)16(20)19-11-17(2,21)15-9-6-10-22-15/h4-10,13,21H,3,11H2,1-2H3,(H,19,20). The highest BCUT2D eigenvalue weighted by molar-refractivity contribution is 6.32. The molecule has 23 heavy (non-hydrogen) atoms. The minimum absolute atomic E-state index is 0.0156. The van der Waals surface area contributed by atoms with E-state index in [4.69, 9.17) is 20.8 Å². The van der Waals surface area contributed by atoms with Crippen molar-refractivity contribution in [2.75, 3.05) is 6.54 Å². The van der Waals surface area contributed by atoms with Gasteiger partial charge in [0.05, 0.1) is 17.8 Å². The zero-order valence-corrected chi connectivity index (χ0v) is 13.8. The fourth-order valence-corrected chi connectivity index (χ4v) is 2.24. The topological polar surface area (TPSA) is 71.7 Å². The Kier molecular flexibility index (Phi) is 5.69. The number of carbonyl (C=O) groups excluding carboxylic acids is 1. The molecule has 0 saturated carbocycles. The van der Waals surface area contributed by atoms with Crippen LogP contribution in [0.3, 0.4) is 0 Å². The van der Waals surface area contributed by atoms with Gasteiger partial charge < -0.3 is 19.6 Å². The molecule has 0 aliphatic rings. The van der Waals surface area contributed by atoms with Crippen molar-refractivity contribution >= 4 is 17.5 Å². The van der Waals surface area contributed by atoms with Gasteiger partial charge in [0.15, 0.2) is 6.10 Å². The first-order valence-corrected chi connectivity index (χ1v) is 7.77. The summed E-state index contributed by atoms with van der Waals surface area (Å²) >= 11 is 6.04. The maximum atomic E-state index is 12.3. The third-order valence-corrected chi connectivity index (χ3v) is 3.74. The highest BCUT2D eigenvalue weighted by Crippen LogP contribution is 2.25. The lowest BCUT2D eigenvalue weighted by atomic mass is 10.0. The maximum Gasteiger partial charge on any atom is 0.261 e. The second-order valence-corrected chi connectivity index (χ2v) is 5.82. The van der Waals surface area contributed by atoms with Crippen LogP contribution in [0.5, 0.6) is 5.75 Å². The lowest BCUT2D eigenvalue weighted by molar-refractivity contribution is -0.129. The fourth-order valence-electron chi connectivity index (χ4n) is 2.06. The Balaban J connectivity index is 1.97. The summed E-state index contributed by atoms with van der Waals surface area (Å²) < 4.78 is 10.8. The minimum atomic E-state index is -1.29. The number of furan rings is 1. The monoisotopic (exact) mass is 337 g/mol. The number of hydrogen-bond donors (Lipinski definition) is 2. The van der Waals surface area contributed by atoms with Crippen molar-refractivity contribution < 1.29 is 19.1 Å². The summed E-state index contributed by atoms with van der Waals surface area (Å²) in [4.78, 5) is 12.3. The van der Waals surface area contributed by atoms with E-state index >= 15 is 0 Å². The molecular weight excluding hydrogens is 318 g/mol. The number of nitrogens with one attached hydrogen (secondary N) is 1. The van der Waals surface area contributed by atoms with E-state index in [0.717, 1.165) is 0 Å². The molecule has 124 valence electrons. The van der Waals surface area contributed by atoms with E-state index < -0.39 is 11.7 Å². The van der Waals surface area contributed by atoms with Crippen molar-refractivity contribution in [2.24, 2.45) is 0 Å². The molecule has 0 radical (unpaired) electrons. The third kappa shape index (κ3) is 4.50. The molecule has 1 aromatic carbocycles. The van der Waals surface area contributed by atoms with Crippen LogP contribution in [-0.4, -0.2) is 23.7 Å². The smallest absolute Gasteiger partial charge is 0.261 e. The van der Waals surface area contributed by atoms with Gasteiger partial charge in [0.2, 0.25) is 0 Å². The molecule has 1 aromatic heterocycles. The molecule has 0 fully saturated rings. The number of hydrogen-bond acceptors (Lipinski definition) is 4. The van der Waals surface area contributed by atoms with E-state index in [1.807, 2.05) is 6.92 Å². The Hall–Kier alpha value is -1.98. The van der Waals surface area contributed by atoms with E-state index in [-0.39, 0.29) is 12.5 Å². The van der Waals surface area contributed by atoms with Crippen LogP contribution in [0.25, 0.3) is 0 Å². The quantitative estimate of drug-likeness (QED) is 0.814. The molecule has 1 amide bonds. The van der Waals surface area contributed by atoms with Crippen LogP contribution in [-0.2, 0) is 10.4 Å². The van der Waals surface area contributed by atoms with Gasteiger partial charge in [0.1, 0.15) is 17.1 Å². The van der Waals surface area contributed by atoms with Gasteiger partial charge in [-0.2, -0.15) is 0 Å². The van der Waals surface area contributed by atoms with Crippen LogP contribution in [0.4, 0.5) is 0 Å². The number of ether oxygens (including phenoxy) is 1. The van der Waals surface area contributed by atoms with E-state index in [1.165, 1.54) is 6.26 Å². The molecule has 2 unspecified atom stereocenters. The summed E-state index contributed by atoms with van der Waals surface area (Å²) in [7, 11) is 0. The summed E-state index contributed by atoms with van der Waals surface area (Å²) in [5, 5.41) is 13.5. The van der Waals surface area contributed by atoms with Crippen molar-refractivity contribution in [1.82, 2.24) is 5.32 Å². The molecular formula is C17H20ClNO4. The predicted octanol–water partition coefficient (Wildman–Crippen LogP) is 3.11. The number of para-hydroxylation sites is 1. The zero-order chi connectivity index (χ0) is 16.9. The summed E-state index contributed by atoms with van der Waals surface area (Å²) in [5.41, 5.74) is -1.29. The SMILES string of the molecule is CCC(Oc1ccccc1Cl)C(=O)NCC(C)(O)c1ccco1. The molecule has 0 aliphatic heterocycles. The van der Waals surface area contributed by atoms with Gasteiger partial charge in [0, 0.05) is 0 Å². The molecule has 0 saturated heterocycles. The number of aliphatic hydroxyl groups is 1. The van der Waals surface area contributed by atoms with E-state index in [0.29, 0.717) is 23.0 Å². The van der Waals surface area contributed by atoms with Crippen molar-refractivity contribution in [2.45, 2.75) is 32.0 Å². The average Bonchev–Trinajstić information content (AvgIpc) is 3.07. The maximum absolute atomic E-state index is 12.3. The molecule has 0 spiro atoms. The van der Waals surface area contributed by atoms with Gasteiger partial charge in [-0.05, 0) is 37.6 Å². The lowest BCUT2D eigenvalue weighted by Crippen LogP contribution is -2.44. The Morgan fingerprint density at radius 1 is 1.39 bits per heavy atom. The zero-order valence-electron chi connectivity index (χ0n) is 13.1. The first-order chi connectivity index (χ1) is 10.9. The van der Waals surface area contributed by atoms with Gasteiger partial charge in [-0.15, -0.1) is 0 Å². The molecule has 1 heterocycles. The fraction of sp³-hybridized carbons (Fsp3) is 0.353. The lowest BCUT2D eigenvalue weighted by Gasteiger charge is -2.23. The number of amides is 1. The largest absolute Gasteiger partial charge is 0.479 e. The van der Waals surface area contributed by atoms with Gasteiger partial charge in [-0.25, -0.2) is 0 Å². The summed E-state index contributed by atoms with van der Waals surface area (Å²) in [6.07, 6.45) is 1.25. The number of rotatable bonds is 7. The number of benzene rings is 1. The molecule has 2 aromatic rings. The van der Waals surface area contributed by atoms with Crippen LogP contribution in [0.15, 0.2) is 47.1 Å². The normalized spacial score (nSPS) is 14.8. The van der Waals surface area contributed by atoms with Gasteiger partial charge in [-0.1, -0.05) is 30.7 Å². The second kappa shape index (κ2) is 7.53. The molecule has 2 N–H and O–H groups in total. The Labute approximate surface area is 140 Å². The third-order valence-electron chi connectivity index (χ3n) is 3.43. The summed E-state index contributed by atoms with van der Waals surface area (Å²) in [5.74, 6) is 0.520. The molecule has 2 rings (SSSR count). The van der Waals surface area contributed by atoms with Crippen LogP contribution in [0.2, 0.25) is 5.02 Å². The number of halogens is 1. The molecule has 0 aliphatic carbocycles. The van der Waals surface area contributed by atoms with Crippen LogP contribution < -0.4 is 10.1 Å². The molecule has 5 nitrogen and oxygen atoms in total. The first-order valence-electron chi connectivity index (χ1n) is 7.39. The Bertz CT molecular complexity index is 640. The predicted molar refractivity (Wildman–Crippen MR) is 87.4 cm³/mol. The van der Waals surface area contributed by atoms with Gasteiger partial charge in [-0.3, -0.25) is 4.79 Å². The van der Waals surface area contributed by atoms with Crippen LogP contribution >= 0.6 is 11.6 Å². The van der Waals surface area contributed by atoms with Gasteiger partial charge in [0.25, 0.3) is 5.91 Å². The molecule has 2 atom stereocenters. The molecule has 6 heteroatoms. The number of carbonyl (C=O) groups is 1. The van der Waals surface area contributed by atoms with E-state index in [2.05, 4.69) is 5.32 Å². The highest BCUT2D eigenvalue weighted by atomic mass is 35.5. The van der Waals surface area contributed by atoms with Gasteiger partial charge >= 0.3 is 0 Å². The first kappa shape index (κ1) is 17.4. The van der Waals surface area contributed by atoms with Crippen molar-refractivity contribution in [3.63, 3.8) is 0 Å². The van der Waals surface area contributed by atoms with E-state index in [9.17, 15) is 9.90 Å². The Morgan fingerprint density at radius 3 is 2.74 bits per heavy atom. The van der Waals surface area contributed by atoms with Crippen LogP contribution in [0, 0.1) is 0 Å². The van der Waals surface area contributed by atoms with Crippen LogP contribution in [0.1, 0.15) is 26.0 Å². The average molecular weight is 338 g/mol. The summed E-state index contributed by atoms with van der Waals surface area (Å²) in [6.45, 7) is 3.43. The van der Waals surface area contributed by atoms with E-state index in [1.54, 1.807) is 43.3 Å². The van der Waals surface area contributed by atoms with Crippen molar-refractivity contribution in [1.29, 1.82) is 0 Å². The second-order valence-electron chi connectivity index (χ2n) is 5.41. The van der Waals surface area contributed by atoms with Crippen molar-refractivity contribution in [3.05, 3.63) is 53.4 Å². The summed E-state index contributed by atoms with van der Waals surface area (Å²) in [6, 6.07) is 10.3. The Morgan fingerprint density at radius 2 is 2.13 bits per heavy atom. The van der Waals surface area contributed by atoms with Crippen molar-refractivity contribution in [3.8, 4) is 5.75 Å².